The second-order valence-electron chi connectivity index (χ2n) is 3.34. The van der Waals surface area contributed by atoms with Gasteiger partial charge in [0.25, 0.3) is 0 Å². The van der Waals surface area contributed by atoms with Gasteiger partial charge in [0, 0.05) is 0 Å². The molecule has 0 atom stereocenters. The molecule has 19 heavy (non-hydrogen) atoms. The summed E-state index contributed by atoms with van der Waals surface area (Å²) in [6.45, 7) is 6.50. The van der Waals surface area contributed by atoms with Gasteiger partial charge in [-0.15, -0.1) is 0 Å². The van der Waals surface area contributed by atoms with E-state index in [-0.39, 0.29) is 20.4 Å². The van der Waals surface area contributed by atoms with Gasteiger partial charge in [-0.3, -0.25) is 0 Å². The third kappa shape index (κ3) is 71.3. The van der Waals surface area contributed by atoms with Crippen LogP contribution in [0.1, 0.15) is 25.7 Å². The summed E-state index contributed by atoms with van der Waals surface area (Å²) < 4.78 is 59.2. The van der Waals surface area contributed by atoms with E-state index in [2.05, 4.69) is 38.2 Å². The summed E-state index contributed by atoms with van der Waals surface area (Å²) >= 11 is 0. The van der Waals surface area contributed by atoms with Crippen molar-refractivity contribution in [3.8, 4) is 0 Å². The van der Waals surface area contributed by atoms with E-state index in [1.165, 1.54) is 32.1 Å². The van der Waals surface area contributed by atoms with Crippen molar-refractivity contribution < 1.29 is 45.6 Å². The molecule has 0 aromatic rings. The van der Waals surface area contributed by atoms with Crippen LogP contribution < -0.4 is 0 Å². The van der Waals surface area contributed by atoms with Gasteiger partial charge in [0.15, 0.2) is 0 Å². The van der Waals surface area contributed by atoms with Gasteiger partial charge in [0.2, 0.25) is 0 Å². The summed E-state index contributed by atoms with van der Waals surface area (Å²) in [5, 5.41) is 0. The Morgan fingerprint density at radius 1 is 0.684 bits per heavy atom. The van der Waals surface area contributed by atoms with E-state index < -0.39 is 7.81 Å². The Labute approximate surface area is 124 Å². The van der Waals surface area contributed by atoms with Crippen molar-refractivity contribution in [2.24, 2.45) is 0 Å². The predicted octanol–water partition coefficient (Wildman–Crippen LogP) is 6.91. The Bertz CT molecular complexity index is 229. The van der Waals surface area contributed by atoms with Crippen LogP contribution in [0, 0.1) is 20.3 Å². The minimum absolute atomic E-state index is 0. The van der Waals surface area contributed by atoms with Crippen LogP contribution >= 0.6 is 7.81 Å². The van der Waals surface area contributed by atoms with E-state index in [0.717, 1.165) is 0 Å². The maximum atomic E-state index is 9.87. The van der Waals surface area contributed by atoms with Crippen molar-refractivity contribution in [3.63, 3.8) is 0 Å². The molecule has 8 heteroatoms. The van der Waals surface area contributed by atoms with Gasteiger partial charge in [-0.25, -0.2) is 0 Å². The van der Waals surface area contributed by atoms with Crippen molar-refractivity contribution in [2.75, 3.05) is 0 Å². The second kappa shape index (κ2) is 9.16. The number of hydrogen-bond acceptors (Lipinski definition) is 0. The fourth-order valence-electron chi connectivity index (χ4n) is 0.856. The zero-order valence-electron chi connectivity index (χ0n) is 10.2. The van der Waals surface area contributed by atoms with Crippen LogP contribution in [0.5, 0.6) is 0 Å². The summed E-state index contributed by atoms with van der Waals surface area (Å²) in [4.78, 5) is 0. The smallest absolute Gasteiger partial charge is 0.0499 e. The van der Waals surface area contributed by atoms with Gasteiger partial charge in [-0.05, 0) is 46.0 Å². The molecule has 0 aromatic carbocycles. The zero-order chi connectivity index (χ0) is 14.8. The van der Waals surface area contributed by atoms with E-state index in [4.69, 9.17) is 0 Å². The molecule has 0 saturated carbocycles. The average molecular weight is 401 g/mol. The average Bonchev–Trinajstić information content (AvgIpc) is 1.96. The molecule has 0 aliphatic heterocycles. The first-order valence-corrected chi connectivity index (χ1v) is 7.16. The first-order chi connectivity index (χ1) is 7.86. The molecule has 0 amide bonds. The normalized spacial score (nSPS) is 21.3. The maximum Gasteiger partial charge on any atom is 2.00 e. The Morgan fingerprint density at radius 2 is 0.789 bits per heavy atom. The van der Waals surface area contributed by atoms with Crippen LogP contribution in [0.2, 0.25) is 0 Å². The Balaban J connectivity index is -0.000000216. The molecule has 0 aromatic heterocycles. The van der Waals surface area contributed by atoms with Crippen LogP contribution in [0.3, 0.4) is 0 Å². The van der Waals surface area contributed by atoms with Crippen molar-refractivity contribution in [3.05, 3.63) is 44.6 Å². The topological polar surface area (TPSA) is 0 Å². The fourth-order valence-corrected chi connectivity index (χ4v) is 0.856. The second-order valence-corrected chi connectivity index (χ2v) is 5.26. The first-order valence-electron chi connectivity index (χ1n) is 5.13. The van der Waals surface area contributed by atoms with Gasteiger partial charge >= 0.3 is 53.4 Å². The van der Waals surface area contributed by atoms with Crippen LogP contribution in [0.15, 0.2) is 24.3 Å². The molecule has 1 aliphatic carbocycles. The largest absolute Gasteiger partial charge is 2.00 e. The molecule has 0 nitrogen and oxygen atoms in total. The standard InChI is InChI=1S/C8H12.C3H5.F6P.Pd/c1-2-4-6-8-7-5-3-1;1-3-2;1-7(2,3,4,5)6;/h1-2,7-8H,3-6H2;3H,1-2H2;;/q;;-1;+2/b2-1-,8-7-;;;. The molecule has 117 valence electrons. The molecule has 0 fully saturated rings. The molecule has 0 heterocycles. The van der Waals surface area contributed by atoms with Gasteiger partial charge in [-0.1, -0.05) is 24.3 Å². The van der Waals surface area contributed by atoms with Gasteiger partial charge in [0.05, 0.1) is 0 Å². The fraction of sp³-hybridized carbons (Fsp3) is 0.364. The SMILES string of the molecule is C1=C\CC/C=C\CC/1.F[P-](F)(F)(F)(F)F.[CH2][CH][CH2].[Pd+2]. The van der Waals surface area contributed by atoms with Gasteiger partial charge < -0.3 is 0 Å². The molecule has 1 rings (SSSR count). The van der Waals surface area contributed by atoms with E-state index in [9.17, 15) is 25.2 Å². The quantitative estimate of drug-likeness (QED) is 0.179. The van der Waals surface area contributed by atoms with Crippen molar-refractivity contribution >= 4 is 7.81 Å². The Hall–Kier alpha value is 0.152. The summed E-state index contributed by atoms with van der Waals surface area (Å²) in [6, 6.07) is 0. The third-order valence-electron chi connectivity index (χ3n) is 1.33. The van der Waals surface area contributed by atoms with Crippen molar-refractivity contribution in [2.45, 2.75) is 25.7 Å². The van der Waals surface area contributed by atoms with Gasteiger partial charge in [-0.2, -0.15) is 0 Å². The van der Waals surface area contributed by atoms with E-state index in [1.807, 2.05) is 0 Å². The summed E-state index contributed by atoms with van der Waals surface area (Å²) in [7, 11) is -10.7. The minimum Gasteiger partial charge on any atom is -0.0499 e. The number of hydrogen-bond donors (Lipinski definition) is 0. The number of allylic oxidation sites excluding steroid dienone is 4. The first kappa shape index (κ1) is 24.2. The molecule has 0 saturated heterocycles. The zero-order valence-corrected chi connectivity index (χ0v) is 12.6. The van der Waals surface area contributed by atoms with Crippen molar-refractivity contribution in [1.29, 1.82) is 0 Å². The Kier molecular flexibility index (Phi) is 11.7. The summed E-state index contributed by atoms with van der Waals surface area (Å²) in [6.07, 6.45) is 15.5. The van der Waals surface area contributed by atoms with Crippen LogP contribution in [-0.2, 0) is 20.4 Å². The third-order valence-corrected chi connectivity index (χ3v) is 1.33. The molecular weight excluding hydrogens is 384 g/mol. The maximum absolute atomic E-state index is 10.7. The number of halogens is 6. The van der Waals surface area contributed by atoms with E-state index >= 15 is 0 Å². The molecule has 0 bridgehead atoms. The molecule has 0 unspecified atom stereocenters. The van der Waals surface area contributed by atoms with Crippen LogP contribution in [0.4, 0.5) is 25.2 Å². The minimum atomic E-state index is -10.7. The molecule has 1 aliphatic rings. The van der Waals surface area contributed by atoms with E-state index in [0.29, 0.717) is 0 Å². The molecular formula is C11H17F6PPd+. The summed E-state index contributed by atoms with van der Waals surface area (Å²) in [5.41, 5.74) is 0. The molecule has 0 N–H and O–H groups in total. The van der Waals surface area contributed by atoms with Crippen LogP contribution in [-0.4, -0.2) is 0 Å². The van der Waals surface area contributed by atoms with Crippen molar-refractivity contribution in [1.82, 2.24) is 0 Å². The van der Waals surface area contributed by atoms with Crippen LogP contribution in [0.25, 0.3) is 0 Å². The monoisotopic (exact) mass is 400 g/mol. The van der Waals surface area contributed by atoms with Gasteiger partial charge in [0.1, 0.15) is 0 Å². The molecule has 0 spiro atoms. The Morgan fingerprint density at radius 3 is 0.895 bits per heavy atom. The van der Waals surface area contributed by atoms with E-state index in [1.54, 1.807) is 0 Å². The number of rotatable bonds is 0. The molecule has 3 radical (unpaired) electrons. The predicted molar refractivity (Wildman–Crippen MR) is 65.3 cm³/mol. The summed E-state index contributed by atoms with van der Waals surface area (Å²) in [5.74, 6) is 0.